The quantitative estimate of drug-likeness (QED) is 0.429. The van der Waals surface area contributed by atoms with E-state index in [0.717, 1.165) is 32.8 Å². The predicted molar refractivity (Wildman–Crippen MR) is 92.7 cm³/mol. The van der Waals surface area contributed by atoms with Gasteiger partial charge in [0, 0.05) is 44.2 Å². The first-order valence-corrected chi connectivity index (χ1v) is 7.88. The lowest BCUT2D eigenvalue weighted by Gasteiger charge is -2.32. The van der Waals surface area contributed by atoms with Crippen molar-refractivity contribution >= 4 is 41.7 Å². The Balaban J connectivity index is 0.00000180. The van der Waals surface area contributed by atoms with Gasteiger partial charge in [-0.05, 0) is 6.92 Å². The summed E-state index contributed by atoms with van der Waals surface area (Å²) < 4.78 is 5.50. The SMILES string of the molecule is CC1CN(C(N)=NCCN2CCSCC2)CCO1.I. The average molecular weight is 400 g/mol. The van der Waals surface area contributed by atoms with Crippen LogP contribution >= 0.6 is 35.7 Å². The smallest absolute Gasteiger partial charge is 0.191 e. The molecule has 1 unspecified atom stereocenters. The van der Waals surface area contributed by atoms with Crippen LogP contribution < -0.4 is 5.73 Å². The molecule has 0 spiro atoms. The van der Waals surface area contributed by atoms with Gasteiger partial charge in [-0.25, -0.2) is 0 Å². The average Bonchev–Trinajstić information content (AvgIpc) is 2.40. The largest absolute Gasteiger partial charge is 0.375 e. The van der Waals surface area contributed by atoms with Gasteiger partial charge in [-0.15, -0.1) is 24.0 Å². The van der Waals surface area contributed by atoms with Gasteiger partial charge in [-0.2, -0.15) is 11.8 Å². The van der Waals surface area contributed by atoms with Crippen LogP contribution in [0.5, 0.6) is 0 Å². The number of nitrogens with zero attached hydrogens (tertiary/aromatic N) is 3. The van der Waals surface area contributed by atoms with Crippen molar-refractivity contribution in [2.45, 2.75) is 13.0 Å². The Morgan fingerprint density at radius 2 is 2.11 bits per heavy atom. The number of halogens is 1. The molecule has 0 aliphatic carbocycles. The fourth-order valence-electron chi connectivity index (χ4n) is 2.26. The Morgan fingerprint density at radius 1 is 1.37 bits per heavy atom. The van der Waals surface area contributed by atoms with E-state index in [1.807, 2.05) is 11.8 Å². The molecule has 0 aromatic carbocycles. The molecule has 1 atom stereocenters. The van der Waals surface area contributed by atoms with Crippen LogP contribution in [0.3, 0.4) is 0 Å². The van der Waals surface area contributed by atoms with E-state index in [1.54, 1.807) is 0 Å². The van der Waals surface area contributed by atoms with E-state index in [0.29, 0.717) is 5.96 Å². The summed E-state index contributed by atoms with van der Waals surface area (Å²) in [6.07, 6.45) is 0.256. The third kappa shape index (κ3) is 6.05. The van der Waals surface area contributed by atoms with Gasteiger partial charge in [0.25, 0.3) is 0 Å². The van der Waals surface area contributed by atoms with E-state index in [1.165, 1.54) is 24.6 Å². The van der Waals surface area contributed by atoms with Crippen molar-refractivity contribution < 1.29 is 4.74 Å². The minimum Gasteiger partial charge on any atom is -0.375 e. The first kappa shape index (κ1) is 17.3. The Morgan fingerprint density at radius 3 is 2.79 bits per heavy atom. The minimum atomic E-state index is 0. The molecule has 7 heteroatoms. The zero-order valence-electron chi connectivity index (χ0n) is 11.6. The van der Waals surface area contributed by atoms with Gasteiger partial charge in [0.05, 0.1) is 19.3 Å². The molecule has 2 aliphatic heterocycles. The first-order chi connectivity index (χ1) is 8.75. The molecular formula is C12H25IN4OS. The molecule has 5 nitrogen and oxygen atoms in total. The second-order valence-electron chi connectivity index (χ2n) is 4.82. The highest BCUT2D eigenvalue weighted by Gasteiger charge is 2.18. The lowest BCUT2D eigenvalue weighted by atomic mass is 10.3. The number of morpholine rings is 1. The van der Waals surface area contributed by atoms with E-state index in [-0.39, 0.29) is 30.1 Å². The molecule has 0 bridgehead atoms. The van der Waals surface area contributed by atoms with Crippen molar-refractivity contribution in [2.24, 2.45) is 10.7 Å². The highest BCUT2D eigenvalue weighted by Crippen LogP contribution is 2.08. The molecule has 2 saturated heterocycles. The summed E-state index contributed by atoms with van der Waals surface area (Å²) >= 11 is 2.04. The van der Waals surface area contributed by atoms with Crippen LogP contribution in [0.1, 0.15) is 6.92 Å². The molecule has 0 saturated carbocycles. The highest BCUT2D eigenvalue weighted by atomic mass is 127. The molecule has 2 aliphatic rings. The molecule has 112 valence electrons. The van der Waals surface area contributed by atoms with Crippen molar-refractivity contribution in [3.05, 3.63) is 0 Å². The standard InChI is InChI=1S/C12H24N4OS.HI/c1-11-10-16(4-7-17-11)12(13)14-2-3-15-5-8-18-9-6-15;/h11H,2-10H2,1H3,(H2,13,14);1H. The number of aliphatic imine (C=N–C) groups is 1. The molecule has 0 aromatic heterocycles. The van der Waals surface area contributed by atoms with Crippen LogP contribution in [-0.4, -0.2) is 79.2 Å². The van der Waals surface area contributed by atoms with Gasteiger partial charge in [-0.3, -0.25) is 9.89 Å². The van der Waals surface area contributed by atoms with Crippen LogP contribution in [-0.2, 0) is 4.74 Å². The third-order valence-electron chi connectivity index (χ3n) is 3.36. The van der Waals surface area contributed by atoms with Crippen molar-refractivity contribution in [3.8, 4) is 0 Å². The maximum atomic E-state index is 6.02. The van der Waals surface area contributed by atoms with Crippen molar-refractivity contribution in [3.63, 3.8) is 0 Å². The fraction of sp³-hybridized carbons (Fsp3) is 0.917. The zero-order valence-corrected chi connectivity index (χ0v) is 14.7. The Kier molecular flexibility index (Phi) is 8.43. The molecule has 2 heterocycles. The first-order valence-electron chi connectivity index (χ1n) is 6.72. The molecule has 0 aromatic rings. The molecular weight excluding hydrogens is 375 g/mol. The molecule has 0 radical (unpaired) electrons. The Bertz CT molecular complexity index is 287. The summed E-state index contributed by atoms with van der Waals surface area (Å²) in [5, 5.41) is 0. The van der Waals surface area contributed by atoms with E-state index in [9.17, 15) is 0 Å². The summed E-state index contributed by atoms with van der Waals surface area (Å²) in [4.78, 5) is 9.09. The highest BCUT2D eigenvalue weighted by molar-refractivity contribution is 14.0. The van der Waals surface area contributed by atoms with E-state index >= 15 is 0 Å². The third-order valence-corrected chi connectivity index (χ3v) is 4.30. The Labute approximate surface area is 137 Å². The van der Waals surface area contributed by atoms with Gasteiger partial charge >= 0.3 is 0 Å². The fourth-order valence-corrected chi connectivity index (χ4v) is 3.24. The monoisotopic (exact) mass is 400 g/mol. The summed E-state index contributed by atoms with van der Waals surface area (Å²) in [5.41, 5.74) is 6.02. The second kappa shape index (κ2) is 9.25. The molecule has 0 amide bonds. The summed E-state index contributed by atoms with van der Waals surface area (Å²) in [6.45, 7) is 8.76. The number of thioether (sulfide) groups is 1. The molecule has 2 rings (SSSR count). The number of hydrogen-bond donors (Lipinski definition) is 1. The molecule has 19 heavy (non-hydrogen) atoms. The molecule has 2 fully saturated rings. The summed E-state index contributed by atoms with van der Waals surface area (Å²) in [5.74, 6) is 3.18. The van der Waals surface area contributed by atoms with Crippen molar-refractivity contribution in [2.75, 3.05) is 57.4 Å². The number of hydrogen-bond acceptors (Lipinski definition) is 4. The van der Waals surface area contributed by atoms with Crippen LogP contribution in [0.4, 0.5) is 0 Å². The van der Waals surface area contributed by atoms with E-state index in [4.69, 9.17) is 10.5 Å². The van der Waals surface area contributed by atoms with Crippen LogP contribution in [0.2, 0.25) is 0 Å². The summed E-state index contributed by atoms with van der Waals surface area (Å²) in [7, 11) is 0. The van der Waals surface area contributed by atoms with Gasteiger partial charge in [0.1, 0.15) is 0 Å². The number of rotatable bonds is 3. The minimum absolute atomic E-state index is 0. The normalized spacial score (nSPS) is 26.1. The summed E-state index contributed by atoms with van der Waals surface area (Å²) in [6, 6.07) is 0. The van der Waals surface area contributed by atoms with Crippen molar-refractivity contribution in [1.29, 1.82) is 0 Å². The molecule has 2 N–H and O–H groups in total. The zero-order chi connectivity index (χ0) is 12.8. The number of ether oxygens (including phenoxy) is 1. The van der Waals surface area contributed by atoms with Gasteiger partial charge < -0.3 is 15.4 Å². The maximum Gasteiger partial charge on any atom is 0.191 e. The van der Waals surface area contributed by atoms with Gasteiger partial charge in [0.2, 0.25) is 0 Å². The lowest BCUT2D eigenvalue weighted by molar-refractivity contribution is 0.00529. The van der Waals surface area contributed by atoms with Gasteiger partial charge in [0.15, 0.2) is 5.96 Å². The maximum absolute atomic E-state index is 6.02. The Hall–Kier alpha value is 0.270. The van der Waals surface area contributed by atoms with Crippen LogP contribution in [0, 0.1) is 0 Å². The van der Waals surface area contributed by atoms with Crippen LogP contribution in [0.25, 0.3) is 0 Å². The van der Waals surface area contributed by atoms with E-state index < -0.39 is 0 Å². The topological polar surface area (TPSA) is 54.1 Å². The van der Waals surface area contributed by atoms with E-state index in [2.05, 4.69) is 21.7 Å². The van der Waals surface area contributed by atoms with Crippen LogP contribution in [0.15, 0.2) is 4.99 Å². The number of guanidine groups is 1. The van der Waals surface area contributed by atoms with Gasteiger partial charge in [-0.1, -0.05) is 0 Å². The second-order valence-corrected chi connectivity index (χ2v) is 6.05. The van der Waals surface area contributed by atoms with Crippen molar-refractivity contribution in [1.82, 2.24) is 9.80 Å². The predicted octanol–water partition coefficient (Wildman–Crippen LogP) is 0.689. The lowest BCUT2D eigenvalue weighted by Crippen LogP contribution is -2.48. The number of nitrogens with two attached hydrogens (primary N) is 1.